The van der Waals surface area contributed by atoms with Crippen LogP contribution in [0.15, 0.2) is 48.5 Å². The number of nitrogens with zero attached hydrogens (tertiary/aromatic N) is 3. The van der Waals surface area contributed by atoms with E-state index in [4.69, 9.17) is 11.6 Å². The smallest absolute Gasteiger partial charge is 0.246 e. The molecule has 6 nitrogen and oxygen atoms in total. The SMILES string of the molecule is Cc1cccc(CN2CC(=O)N3CCN(C(=O)Cc4cccc(Cl)c4)CCC3C2=O)c1. The quantitative estimate of drug-likeness (QED) is 0.735. The van der Waals surface area contributed by atoms with Gasteiger partial charge in [0, 0.05) is 31.2 Å². The molecule has 2 aromatic rings. The van der Waals surface area contributed by atoms with Crippen LogP contribution in [0.4, 0.5) is 0 Å². The van der Waals surface area contributed by atoms with Crippen molar-refractivity contribution in [2.75, 3.05) is 26.2 Å². The Morgan fingerprint density at radius 3 is 2.58 bits per heavy atom. The molecule has 31 heavy (non-hydrogen) atoms. The lowest BCUT2D eigenvalue weighted by molar-refractivity contribution is -0.156. The second-order valence-corrected chi connectivity index (χ2v) is 8.70. The Bertz CT molecular complexity index is 1010. The van der Waals surface area contributed by atoms with Crippen molar-refractivity contribution in [1.82, 2.24) is 14.7 Å². The zero-order valence-corrected chi connectivity index (χ0v) is 18.3. The van der Waals surface area contributed by atoms with Crippen LogP contribution in [-0.4, -0.2) is 64.6 Å². The highest BCUT2D eigenvalue weighted by Crippen LogP contribution is 2.22. The molecule has 2 aliphatic rings. The maximum Gasteiger partial charge on any atom is 0.246 e. The zero-order valence-electron chi connectivity index (χ0n) is 17.6. The lowest BCUT2D eigenvalue weighted by Gasteiger charge is -2.39. The molecule has 7 heteroatoms. The number of halogens is 1. The van der Waals surface area contributed by atoms with E-state index in [0.717, 1.165) is 16.7 Å². The van der Waals surface area contributed by atoms with Crippen LogP contribution in [0.5, 0.6) is 0 Å². The Balaban J connectivity index is 1.43. The van der Waals surface area contributed by atoms with E-state index in [0.29, 0.717) is 37.6 Å². The fourth-order valence-corrected chi connectivity index (χ4v) is 4.59. The summed E-state index contributed by atoms with van der Waals surface area (Å²) in [5, 5.41) is 0.600. The minimum atomic E-state index is -0.505. The number of hydrogen-bond donors (Lipinski definition) is 0. The van der Waals surface area contributed by atoms with E-state index in [1.807, 2.05) is 43.3 Å². The second kappa shape index (κ2) is 9.10. The van der Waals surface area contributed by atoms with Gasteiger partial charge in [-0.3, -0.25) is 14.4 Å². The molecular weight excluding hydrogens is 414 g/mol. The fraction of sp³-hybridized carbons (Fsp3) is 0.375. The topological polar surface area (TPSA) is 60.9 Å². The summed E-state index contributed by atoms with van der Waals surface area (Å²) in [7, 11) is 0. The molecule has 0 N–H and O–H groups in total. The van der Waals surface area contributed by atoms with Crippen molar-refractivity contribution < 1.29 is 14.4 Å². The van der Waals surface area contributed by atoms with Crippen molar-refractivity contribution in [3.63, 3.8) is 0 Å². The number of amides is 3. The molecule has 0 saturated carbocycles. The van der Waals surface area contributed by atoms with Gasteiger partial charge in [0.1, 0.15) is 12.6 Å². The lowest BCUT2D eigenvalue weighted by Crippen LogP contribution is -2.59. The molecule has 1 atom stereocenters. The van der Waals surface area contributed by atoms with Crippen LogP contribution in [0.25, 0.3) is 0 Å². The first-order valence-electron chi connectivity index (χ1n) is 10.6. The van der Waals surface area contributed by atoms with E-state index in [9.17, 15) is 14.4 Å². The highest BCUT2D eigenvalue weighted by atomic mass is 35.5. The van der Waals surface area contributed by atoms with E-state index in [2.05, 4.69) is 0 Å². The first-order chi connectivity index (χ1) is 14.9. The Hall–Kier alpha value is -2.86. The Morgan fingerprint density at radius 1 is 1.03 bits per heavy atom. The molecule has 2 saturated heterocycles. The fourth-order valence-electron chi connectivity index (χ4n) is 4.38. The molecule has 0 spiro atoms. The normalized spacial score (nSPS) is 19.3. The van der Waals surface area contributed by atoms with Crippen molar-refractivity contribution in [2.45, 2.75) is 32.4 Å². The van der Waals surface area contributed by atoms with Crippen LogP contribution < -0.4 is 0 Å². The minimum Gasteiger partial charge on any atom is -0.341 e. The monoisotopic (exact) mass is 439 g/mol. The van der Waals surface area contributed by atoms with Gasteiger partial charge in [-0.2, -0.15) is 0 Å². The van der Waals surface area contributed by atoms with E-state index in [-0.39, 0.29) is 30.7 Å². The van der Waals surface area contributed by atoms with Crippen LogP contribution in [-0.2, 0) is 27.3 Å². The highest BCUT2D eigenvalue weighted by molar-refractivity contribution is 6.30. The number of benzene rings is 2. The van der Waals surface area contributed by atoms with Gasteiger partial charge in [0.2, 0.25) is 17.7 Å². The standard InChI is InChI=1S/C24H26ClN3O3/c1-17-4-2-6-19(12-17)15-27-16-23(30)28-11-10-26(9-8-21(28)24(27)31)22(29)14-18-5-3-7-20(25)13-18/h2-7,12-13,21H,8-11,14-16H2,1H3. The zero-order chi connectivity index (χ0) is 22.0. The molecular formula is C24H26ClN3O3. The number of piperazine rings is 1. The number of aryl methyl sites for hydroxylation is 1. The average Bonchev–Trinajstić information content (AvgIpc) is 2.96. The molecule has 4 rings (SSSR count). The van der Waals surface area contributed by atoms with Gasteiger partial charge in [-0.1, -0.05) is 53.6 Å². The molecule has 0 aromatic heterocycles. The number of carbonyl (C=O) groups excluding carboxylic acids is 3. The summed E-state index contributed by atoms with van der Waals surface area (Å²) in [5.41, 5.74) is 3.00. The van der Waals surface area contributed by atoms with Gasteiger partial charge >= 0.3 is 0 Å². The minimum absolute atomic E-state index is 0.0152. The summed E-state index contributed by atoms with van der Waals surface area (Å²) < 4.78 is 0. The molecule has 2 aliphatic heterocycles. The average molecular weight is 440 g/mol. The second-order valence-electron chi connectivity index (χ2n) is 8.26. The Morgan fingerprint density at radius 2 is 1.81 bits per heavy atom. The van der Waals surface area contributed by atoms with Gasteiger partial charge in [0.15, 0.2) is 0 Å². The first-order valence-corrected chi connectivity index (χ1v) is 10.9. The highest BCUT2D eigenvalue weighted by Gasteiger charge is 2.41. The maximum atomic E-state index is 13.2. The molecule has 0 aliphatic carbocycles. The third-order valence-electron chi connectivity index (χ3n) is 5.96. The number of carbonyl (C=O) groups is 3. The summed E-state index contributed by atoms with van der Waals surface area (Å²) in [5.74, 6) is -0.106. The van der Waals surface area contributed by atoms with E-state index < -0.39 is 6.04 Å². The van der Waals surface area contributed by atoms with Crippen molar-refractivity contribution in [2.24, 2.45) is 0 Å². The first kappa shape index (κ1) is 21.4. The van der Waals surface area contributed by atoms with Crippen molar-refractivity contribution in [3.05, 3.63) is 70.2 Å². The van der Waals surface area contributed by atoms with E-state index in [1.54, 1.807) is 26.8 Å². The van der Waals surface area contributed by atoms with Crippen LogP contribution in [0, 0.1) is 6.92 Å². The maximum absolute atomic E-state index is 13.2. The van der Waals surface area contributed by atoms with Gasteiger partial charge in [-0.05, 0) is 36.6 Å². The van der Waals surface area contributed by atoms with Crippen molar-refractivity contribution in [1.29, 1.82) is 0 Å². The summed E-state index contributed by atoms with van der Waals surface area (Å²) in [4.78, 5) is 43.9. The van der Waals surface area contributed by atoms with Crippen LogP contribution >= 0.6 is 11.6 Å². The lowest BCUT2D eigenvalue weighted by atomic mass is 10.1. The van der Waals surface area contributed by atoms with Crippen molar-refractivity contribution >= 4 is 29.3 Å². The van der Waals surface area contributed by atoms with Gasteiger partial charge in [-0.25, -0.2) is 0 Å². The summed E-state index contributed by atoms with van der Waals surface area (Å²) in [6.07, 6.45) is 0.711. The Labute approximate surface area is 187 Å². The van der Waals surface area contributed by atoms with E-state index >= 15 is 0 Å². The van der Waals surface area contributed by atoms with E-state index in [1.165, 1.54) is 0 Å². The molecule has 2 aromatic carbocycles. The molecule has 0 radical (unpaired) electrons. The van der Waals surface area contributed by atoms with Gasteiger partial charge in [-0.15, -0.1) is 0 Å². The third-order valence-corrected chi connectivity index (χ3v) is 6.19. The number of rotatable bonds is 4. The van der Waals surface area contributed by atoms with Crippen LogP contribution in [0.2, 0.25) is 5.02 Å². The third kappa shape index (κ3) is 4.90. The summed E-state index contributed by atoms with van der Waals surface area (Å²) in [6.45, 7) is 3.79. The summed E-state index contributed by atoms with van der Waals surface area (Å²) in [6, 6.07) is 14.7. The van der Waals surface area contributed by atoms with Gasteiger partial charge in [0.05, 0.1) is 6.42 Å². The molecule has 1 unspecified atom stereocenters. The van der Waals surface area contributed by atoms with Crippen LogP contribution in [0.1, 0.15) is 23.1 Å². The van der Waals surface area contributed by atoms with Crippen molar-refractivity contribution in [3.8, 4) is 0 Å². The largest absolute Gasteiger partial charge is 0.341 e. The van der Waals surface area contributed by atoms with Crippen LogP contribution in [0.3, 0.4) is 0 Å². The molecule has 2 fully saturated rings. The number of hydrogen-bond acceptors (Lipinski definition) is 3. The molecule has 0 bridgehead atoms. The molecule has 3 amide bonds. The summed E-state index contributed by atoms with van der Waals surface area (Å²) >= 11 is 6.02. The molecule has 162 valence electrons. The van der Waals surface area contributed by atoms with Gasteiger partial charge < -0.3 is 14.7 Å². The molecule has 2 heterocycles. The predicted molar refractivity (Wildman–Crippen MR) is 118 cm³/mol. The predicted octanol–water partition coefficient (Wildman–Crippen LogP) is 2.66. The Kier molecular flexibility index (Phi) is 6.28. The van der Waals surface area contributed by atoms with Gasteiger partial charge in [0.25, 0.3) is 0 Å². The number of fused-ring (bicyclic) bond motifs is 1.